The van der Waals surface area contributed by atoms with Crippen LogP contribution in [0.15, 0.2) is 29.2 Å². The molecule has 0 unspecified atom stereocenters. The van der Waals surface area contributed by atoms with E-state index >= 15 is 0 Å². The lowest BCUT2D eigenvalue weighted by atomic mass is 10.2. The molecule has 2 aliphatic heterocycles. The van der Waals surface area contributed by atoms with Crippen LogP contribution in [0.25, 0.3) is 6.08 Å². The van der Waals surface area contributed by atoms with Crippen LogP contribution in [0.1, 0.15) is 18.9 Å². The fraction of sp³-hybridized carbons (Fsp3) is 0.450. The Balaban J connectivity index is 1.57. The van der Waals surface area contributed by atoms with E-state index in [1.807, 2.05) is 42.2 Å². The average Bonchev–Trinajstić information content (AvgIpc) is 2.95. The van der Waals surface area contributed by atoms with E-state index in [0.29, 0.717) is 28.8 Å². The summed E-state index contributed by atoms with van der Waals surface area (Å²) in [5.41, 5.74) is 0.914. The molecular formula is C20H25N3O3S2. The smallest absolute Gasteiger partial charge is 0.266 e. The minimum atomic E-state index is -0.130. The highest BCUT2D eigenvalue weighted by molar-refractivity contribution is 8.26. The highest BCUT2D eigenvalue weighted by Gasteiger charge is 2.32. The van der Waals surface area contributed by atoms with E-state index in [4.69, 9.17) is 17.0 Å². The summed E-state index contributed by atoms with van der Waals surface area (Å²) in [7, 11) is 2.05. The second kappa shape index (κ2) is 9.54. The van der Waals surface area contributed by atoms with Crippen molar-refractivity contribution < 1.29 is 14.3 Å². The van der Waals surface area contributed by atoms with Crippen molar-refractivity contribution in [3.8, 4) is 5.75 Å². The van der Waals surface area contributed by atoms with E-state index < -0.39 is 0 Å². The maximum Gasteiger partial charge on any atom is 0.266 e. The highest BCUT2D eigenvalue weighted by atomic mass is 32.2. The van der Waals surface area contributed by atoms with Crippen molar-refractivity contribution in [3.63, 3.8) is 0 Å². The zero-order valence-electron chi connectivity index (χ0n) is 16.2. The van der Waals surface area contributed by atoms with Crippen molar-refractivity contribution in [2.45, 2.75) is 13.3 Å². The molecule has 150 valence electrons. The van der Waals surface area contributed by atoms with Gasteiger partial charge in [0, 0.05) is 39.1 Å². The van der Waals surface area contributed by atoms with Crippen LogP contribution in [0.4, 0.5) is 0 Å². The first kappa shape index (κ1) is 20.8. The maximum atomic E-state index is 12.7. The molecule has 6 nitrogen and oxygen atoms in total. The van der Waals surface area contributed by atoms with Gasteiger partial charge in [-0.3, -0.25) is 14.5 Å². The maximum absolute atomic E-state index is 12.7. The number of ether oxygens (including phenoxy) is 1. The van der Waals surface area contributed by atoms with E-state index in [2.05, 4.69) is 11.9 Å². The molecule has 0 aliphatic carbocycles. The number of rotatable bonds is 6. The number of hydrogen-bond acceptors (Lipinski definition) is 6. The second-order valence-corrected chi connectivity index (χ2v) is 8.45. The summed E-state index contributed by atoms with van der Waals surface area (Å²) < 4.78 is 5.94. The van der Waals surface area contributed by atoms with Gasteiger partial charge in [-0.1, -0.05) is 36.1 Å². The van der Waals surface area contributed by atoms with Crippen molar-refractivity contribution in [1.82, 2.24) is 14.7 Å². The molecule has 0 atom stereocenters. The van der Waals surface area contributed by atoms with Crippen molar-refractivity contribution in [2.24, 2.45) is 0 Å². The molecule has 2 amide bonds. The molecule has 0 N–H and O–H groups in total. The molecule has 1 aromatic rings. The van der Waals surface area contributed by atoms with Crippen molar-refractivity contribution in [1.29, 1.82) is 0 Å². The molecule has 0 spiro atoms. The summed E-state index contributed by atoms with van der Waals surface area (Å²) >= 11 is 6.65. The molecule has 8 heteroatoms. The predicted octanol–water partition coefficient (Wildman–Crippen LogP) is 2.45. The molecule has 2 saturated heterocycles. The van der Waals surface area contributed by atoms with Crippen LogP contribution in [-0.2, 0) is 9.59 Å². The Morgan fingerprint density at radius 2 is 1.89 bits per heavy atom. The van der Waals surface area contributed by atoms with E-state index in [9.17, 15) is 9.59 Å². The van der Waals surface area contributed by atoms with Crippen LogP contribution < -0.4 is 4.74 Å². The van der Waals surface area contributed by atoms with Gasteiger partial charge < -0.3 is 14.5 Å². The molecule has 0 radical (unpaired) electrons. The summed E-state index contributed by atoms with van der Waals surface area (Å²) in [5, 5.41) is 0. The molecule has 1 aromatic carbocycles. The van der Waals surface area contributed by atoms with Gasteiger partial charge in [0.05, 0.1) is 11.5 Å². The molecule has 0 bridgehead atoms. The molecule has 0 aromatic heterocycles. The molecular weight excluding hydrogens is 394 g/mol. The summed E-state index contributed by atoms with van der Waals surface area (Å²) in [4.78, 5) is 31.3. The van der Waals surface area contributed by atoms with E-state index in [0.717, 1.165) is 37.5 Å². The van der Waals surface area contributed by atoms with Crippen LogP contribution in [0.5, 0.6) is 5.75 Å². The van der Waals surface area contributed by atoms with Crippen molar-refractivity contribution in [2.75, 3.05) is 46.4 Å². The first-order chi connectivity index (χ1) is 13.5. The number of nitrogens with zero attached hydrogens (tertiary/aromatic N) is 3. The Bertz CT molecular complexity index is 771. The van der Waals surface area contributed by atoms with Crippen LogP contribution in [-0.4, -0.2) is 77.2 Å². The third kappa shape index (κ3) is 5.12. The Hall–Kier alpha value is -1.90. The zero-order chi connectivity index (χ0) is 20.1. The van der Waals surface area contributed by atoms with E-state index in [-0.39, 0.29) is 11.8 Å². The number of hydrogen-bond donors (Lipinski definition) is 0. The number of piperazine rings is 1. The van der Waals surface area contributed by atoms with Gasteiger partial charge in [0.25, 0.3) is 5.91 Å². The lowest BCUT2D eigenvalue weighted by Crippen LogP contribution is -2.47. The molecule has 0 saturated carbocycles. The fourth-order valence-electron chi connectivity index (χ4n) is 3.09. The lowest BCUT2D eigenvalue weighted by Gasteiger charge is -2.32. The molecule has 2 heterocycles. The summed E-state index contributed by atoms with van der Waals surface area (Å²) in [6.45, 7) is 6.14. The molecule has 3 rings (SSSR count). The third-order valence-corrected chi connectivity index (χ3v) is 6.15. The number of thioether (sulfide) groups is 1. The Morgan fingerprint density at radius 1 is 1.21 bits per heavy atom. The normalized spacial score (nSPS) is 19.6. The lowest BCUT2D eigenvalue weighted by molar-refractivity contribution is -0.133. The minimum Gasteiger partial charge on any atom is -0.494 e. The minimum absolute atomic E-state index is 0.0812. The van der Waals surface area contributed by atoms with Gasteiger partial charge in [0.1, 0.15) is 10.1 Å². The second-order valence-electron chi connectivity index (χ2n) is 6.77. The summed E-state index contributed by atoms with van der Waals surface area (Å²) in [6, 6.07) is 7.58. The van der Waals surface area contributed by atoms with Crippen molar-refractivity contribution >= 4 is 46.2 Å². The number of thiocarbonyl (C=S) groups is 1. The van der Waals surface area contributed by atoms with Gasteiger partial charge >= 0.3 is 0 Å². The Morgan fingerprint density at radius 3 is 2.54 bits per heavy atom. The first-order valence-electron chi connectivity index (χ1n) is 9.42. The van der Waals surface area contributed by atoms with Crippen molar-refractivity contribution in [3.05, 3.63) is 34.7 Å². The first-order valence-corrected chi connectivity index (χ1v) is 10.6. The van der Waals surface area contributed by atoms with Gasteiger partial charge in [-0.05, 0) is 37.7 Å². The summed E-state index contributed by atoms with van der Waals surface area (Å²) in [6.07, 6.45) is 2.13. The van der Waals surface area contributed by atoms with Crippen LogP contribution in [0, 0.1) is 0 Å². The molecule has 2 aliphatic rings. The Kier molecular flexibility index (Phi) is 7.09. The number of likely N-dealkylation sites (N-methyl/N-ethyl adjacent to an activating group) is 1. The number of benzene rings is 1. The standard InChI is InChI=1S/C20H25N3O3S2/c1-3-26-16-6-4-15(5-7-16)14-17-19(25)23(20(27)28-17)9-8-18(24)22-12-10-21(2)11-13-22/h4-7,14H,3,8-13H2,1-2H3. The van der Waals surface area contributed by atoms with Crippen LogP contribution in [0.3, 0.4) is 0 Å². The van der Waals surface area contributed by atoms with E-state index in [1.165, 1.54) is 16.7 Å². The SMILES string of the molecule is CCOc1ccc(C=C2SC(=S)N(CCC(=O)N3CCN(C)CC3)C2=O)cc1. The van der Waals surface area contributed by atoms with Gasteiger partial charge in [-0.2, -0.15) is 0 Å². The van der Waals surface area contributed by atoms with Crippen LogP contribution >= 0.6 is 24.0 Å². The Labute approximate surface area is 175 Å². The molecule has 28 heavy (non-hydrogen) atoms. The van der Waals surface area contributed by atoms with Gasteiger partial charge in [-0.25, -0.2) is 0 Å². The van der Waals surface area contributed by atoms with Gasteiger partial charge in [0.2, 0.25) is 5.91 Å². The fourth-order valence-corrected chi connectivity index (χ4v) is 4.40. The number of carbonyl (C=O) groups is 2. The zero-order valence-corrected chi connectivity index (χ0v) is 17.9. The van der Waals surface area contributed by atoms with Gasteiger partial charge in [-0.15, -0.1) is 0 Å². The third-order valence-electron chi connectivity index (χ3n) is 4.77. The number of carbonyl (C=O) groups excluding carboxylic acids is 2. The summed E-state index contributed by atoms with van der Waals surface area (Å²) in [5.74, 6) is 0.752. The monoisotopic (exact) mass is 419 g/mol. The van der Waals surface area contributed by atoms with Gasteiger partial charge in [0.15, 0.2) is 0 Å². The topological polar surface area (TPSA) is 53.1 Å². The van der Waals surface area contributed by atoms with Crippen LogP contribution in [0.2, 0.25) is 0 Å². The highest BCUT2D eigenvalue weighted by Crippen LogP contribution is 2.32. The molecule has 2 fully saturated rings. The quantitative estimate of drug-likeness (QED) is 0.522. The average molecular weight is 420 g/mol. The van der Waals surface area contributed by atoms with E-state index in [1.54, 1.807) is 0 Å². The largest absolute Gasteiger partial charge is 0.494 e. The predicted molar refractivity (Wildman–Crippen MR) is 116 cm³/mol. The number of amides is 2.